The van der Waals surface area contributed by atoms with Crippen molar-refractivity contribution in [2.75, 3.05) is 11.9 Å². The molecule has 0 fully saturated rings. The lowest BCUT2D eigenvalue weighted by Crippen LogP contribution is -2.14. The van der Waals surface area contributed by atoms with Crippen molar-refractivity contribution in [1.82, 2.24) is 0 Å². The van der Waals surface area contributed by atoms with Crippen molar-refractivity contribution in [2.24, 2.45) is 5.11 Å². The normalized spacial score (nSPS) is 8.93. The van der Waals surface area contributed by atoms with Gasteiger partial charge in [-0.25, -0.2) is 0 Å². The molecule has 0 heterocycles. The Morgan fingerprint density at radius 3 is 2.93 bits per heavy atom. The molecule has 1 aromatic carbocycles. The van der Waals surface area contributed by atoms with Gasteiger partial charge in [0.2, 0.25) is 5.91 Å². The van der Waals surface area contributed by atoms with E-state index in [-0.39, 0.29) is 12.5 Å². The third-order valence-electron chi connectivity index (χ3n) is 1.43. The van der Waals surface area contributed by atoms with E-state index in [4.69, 9.17) is 5.53 Å². The highest BCUT2D eigenvalue weighted by Crippen LogP contribution is 2.16. The fourth-order valence-corrected chi connectivity index (χ4v) is 1.37. The number of hydrogen-bond donors (Lipinski definition) is 1. The van der Waals surface area contributed by atoms with Gasteiger partial charge in [0, 0.05) is 8.48 Å². The van der Waals surface area contributed by atoms with Gasteiger partial charge in [0.05, 0.1) is 5.69 Å². The van der Waals surface area contributed by atoms with Crippen molar-refractivity contribution in [3.63, 3.8) is 0 Å². The Kier molecular flexibility index (Phi) is 4.21. The van der Waals surface area contributed by atoms with E-state index < -0.39 is 0 Å². The number of azide groups is 1. The van der Waals surface area contributed by atoms with Crippen LogP contribution >= 0.6 is 22.6 Å². The second-order valence-electron chi connectivity index (χ2n) is 2.42. The van der Waals surface area contributed by atoms with E-state index in [1.807, 2.05) is 18.2 Å². The number of benzene rings is 1. The second-order valence-corrected chi connectivity index (χ2v) is 3.58. The average Bonchev–Trinajstić information content (AvgIpc) is 2.18. The maximum Gasteiger partial charge on any atom is 0.230 e. The second kappa shape index (κ2) is 5.46. The number of para-hydroxylation sites is 1. The van der Waals surface area contributed by atoms with Crippen LogP contribution in [0.1, 0.15) is 0 Å². The van der Waals surface area contributed by atoms with Crippen molar-refractivity contribution in [1.29, 1.82) is 0 Å². The molecule has 0 aliphatic carbocycles. The number of anilines is 1. The van der Waals surface area contributed by atoms with E-state index in [9.17, 15) is 4.79 Å². The molecule has 1 amide bonds. The van der Waals surface area contributed by atoms with Crippen LogP contribution in [0.25, 0.3) is 10.4 Å². The summed E-state index contributed by atoms with van der Waals surface area (Å²) < 4.78 is 0.944. The van der Waals surface area contributed by atoms with Crippen LogP contribution in [-0.2, 0) is 4.79 Å². The van der Waals surface area contributed by atoms with Crippen LogP contribution in [0.2, 0.25) is 0 Å². The number of nitrogens with one attached hydrogen (secondary N) is 1. The topological polar surface area (TPSA) is 77.9 Å². The zero-order chi connectivity index (χ0) is 10.4. The molecule has 0 unspecified atom stereocenters. The van der Waals surface area contributed by atoms with Crippen LogP contribution in [0.15, 0.2) is 29.4 Å². The maximum atomic E-state index is 11.1. The summed E-state index contributed by atoms with van der Waals surface area (Å²) in [6, 6.07) is 7.37. The van der Waals surface area contributed by atoms with E-state index in [0.717, 1.165) is 9.26 Å². The van der Waals surface area contributed by atoms with Crippen LogP contribution < -0.4 is 5.32 Å². The van der Waals surface area contributed by atoms with Gasteiger partial charge in [-0.3, -0.25) is 4.79 Å². The molecule has 6 heteroatoms. The molecule has 0 bridgehead atoms. The summed E-state index contributed by atoms with van der Waals surface area (Å²) in [5.74, 6) is -0.313. The highest BCUT2D eigenvalue weighted by molar-refractivity contribution is 14.1. The zero-order valence-corrected chi connectivity index (χ0v) is 9.30. The average molecular weight is 302 g/mol. The first-order valence-electron chi connectivity index (χ1n) is 3.79. The number of carbonyl (C=O) groups is 1. The highest BCUT2D eigenvalue weighted by Gasteiger charge is 2.02. The third-order valence-corrected chi connectivity index (χ3v) is 2.37. The molecule has 0 aliphatic heterocycles. The molecule has 1 aromatic rings. The van der Waals surface area contributed by atoms with Gasteiger partial charge in [0.1, 0.15) is 6.54 Å². The molecule has 0 radical (unpaired) electrons. The molecule has 0 saturated heterocycles. The van der Waals surface area contributed by atoms with Crippen LogP contribution in [0.4, 0.5) is 5.69 Å². The van der Waals surface area contributed by atoms with E-state index in [0.29, 0.717) is 0 Å². The monoisotopic (exact) mass is 302 g/mol. The first-order valence-corrected chi connectivity index (χ1v) is 4.87. The minimum Gasteiger partial charge on any atom is -0.325 e. The van der Waals surface area contributed by atoms with Gasteiger partial charge in [-0.2, -0.15) is 0 Å². The van der Waals surface area contributed by atoms with E-state index >= 15 is 0 Å². The molecular formula is C8H7IN4O. The summed E-state index contributed by atoms with van der Waals surface area (Å²) in [7, 11) is 0. The SMILES string of the molecule is [N-]=[N+]=NCC(=O)Nc1ccccc1I. The zero-order valence-electron chi connectivity index (χ0n) is 7.14. The fourth-order valence-electron chi connectivity index (χ4n) is 0.848. The van der Waals surface area contributed by atoms with Crippen molar-refractivity contribution in [3.05, 3.63) is 38.3 Å². The third kappa shape index (κ3) is 3.23. The largest absolute Gasteiger partial charge is 0.325 e. The molecule has 0 aliphatic rings. The Balaban J connectivity index is 2.65. The Hall–Kier alpha value is -1.27. The molecular weight excluding hydrogens is 295 g/mol. The van der Waals surface area contributed by atoms with Gasteiger partial charge in [0.15, 0.2) is 0 Å². The summed E-state index contributed by atoms with van der Waals surface area (Å²) in [6.07, 6.45) is 0. The van der Waals surface area contributed by atoms with Gasteiger partial charge < -0.3 is 5.32 Å². The minimum absolute atomic E-state index is 0.179. The lowest BCUT2D eigenvalue weighted by atomic mass is 10.3. The van der Waals surface area contributed by atoms with Crippen LogP contribution in [0.5, 0.6) is 0 Å². The summed E-state index contributed by atoms with van der Waals surface area (Å²) in [5.41, 5.74) is 8.74. The molecule has 72 valence electrons. The molecule has 1 rings (SSSR count). The van der Waals surface area contributed by atoms with Gasteiger partial charge in [-0.15, -0.1) is 0 Å². The fraction of sp³-hybridized carbons (Fsp3) is 0.125. The summed E-state index contributed by atoms with van der Waals surface area (Å²) in [4.78, 5) is 13.6. The summed E-state index contributed by atoms with van der Waals surface area (Å²) >= 11 is 2.11. The summed E-state index contributed by atoms with van der Waals surface area (Å²) in [6.45, 7) is -0.179. The molecule has 1 N–H and O–H groups in total. The van der Waals surface area contributed by atoms with Crippen LogP contribution in [0.3, 0.4) is 0 Å². The quantitative estimate of drug-likeness (QED) is 0.396. The molecule has 0 aromatic heterocycles. The Labute approximate surface area is 94.3 Å². The van der Waals surface area contributed by atoms with Crippen LogP contribution in [0, 0.1) is 3.57 Å². The van der Waals surface area contributed by atoms with Crippen molar-refractivity contribution >= 4 is 34.2 Å². The number of hydrogen-bond acceptors (Lipinski definition) is 2. The van der Waals surface area contributed by atoms with Gasteiger partial charge in [-0.05, 0) is 40.3 Å². The van der Waals surface area contributed by atoms with E-state index in [2.05, 4.69) is 37.9 Å². The number of halogens is 1. The van der Waals surface area contributed by atoms with Crippen molar-refractivity contribution in [3.8, 4) is 0 Å². The van der Waals surface area contributed by atoms with Gasteiger partial charge >= 0.3 is 0 Å². The number of rotatable bonds is 3. The standard InChI is InChI=1S/C8H7IN4O/c9-6-3-1-2-4-7(6)12-8(14)5-11-13-10/h1-4H,5H2,(H,12,14). The first-order chi connectivity index (χ1) is 6.74. The molecule has 14 heavy (non-hydrogen) atoms. The maximum absolute atomic E-state index is 11.1. The molecule has 5 nitrogen and oxygen atoms in total. The van der Waals surface area contributed by atoms with Crippen molar-refractivity contribution < 1.29 is 4.79 Å². The van der Waals surface area contributed by atoms with E-state index in [1.165, 1.54) is 0 Å². The molecule has 0 atom stereocenters. The molecule has 0 saturated carbocycles. The Morgan fingerprint density at radius 2 is 2.29 bits per heavy atom. The smallest absolute Gasteiger partial charge is 0.230 e. The Morgan fingerprint density at radius 1 is 1.57 bits per heavy atom. The highest BCUT2D eigenvalue weighted by atomic mass is 127. The Bertz CT molecular complexity index is 387. The van der Waals surface area contributed by atoms with Gasteiger partial charge in [0.25, 0.3) is 0 Å². The predicted octanol–water partition coefficient (Wildman–Crippen LogP) is 2.54. The van der Waals surface area contributed by atoms with Crippen molar-refractivity contribution in [2.45, 2.75) is 0 Å². The minimum atomic E-state index is -0.313. The van der Waals surface area contributed by atoms with Crippen LogP contribution in [-0.4, -0.2) is 12.5 Å². The van der Waals surface area contributed by atoms with Gasteiger partial charge in [-0.1, -0.05) is 17.2 Å². The number of carbonyl (C=O) groups excluding carboxylic acids is 1. The van der Waals surface area contributed by atoms with E-state index in [1.54, 1.807) is 6.07 Å². The molecule has 0 spiro atoms. The summed E-state index contributed by atoms with van der Waals surface area (Å²) in [5, 5.41) is 5.80. The number of nitrogens with zero attached hydrogens (tertiary/aromatic N) is 3. The number of amides is 1. The lowest BCUT2D eigenvalue weighted by Gasteiger charge is -2.04. The predicted molar refractivity (Wildman–Crippen MR) is 61.8 cm³/mol. The lowest BCUT2D eigenvalue weighted by molar-refractivity contribution is -0.114. The first kappa shape index (κ1) is 10.8.